The van der Waals surface area contributed by atoms with Gasteiger partial charge in [-0.2, -0.15) is 0 Å². The number of carbonyl (C=O) groups excluding carboxylic acids is 1. The molecule has 0 radical (unpaired) electrons. The van der Waals surface area contributed by atoms with E-state index in [-0.39, 0.29) is 5.91 Å². The van der Waals surface area contributed by atoms with Crippen molar-refractivity contribution in [3.05, 3.63) is 89.4 Å². The molecule has 0 saturated heterocycles. The number of pyridine rings is 1. The third-order valence-corrected chi connectivity index (χ3v) is 5.79. The third kappa shape index (κ3) is 4.55. The minimum Gasteiger partial charge on any atom is -0.487 e. The van der Waals surface area contributed by atoms with E-state index >= 15 is 0 Å². The van der Waals surface area contributed by atoms with E-state index in [0.717, 1.165) is 28.4 Å². The number of imidazole rings is 1. The van der Waals surface area contributed by atoms with E-state index in [2.05, 4.69) is 4.98 Å². The predicted molar refractivity (Wildman–Crippen MR) is 129 cm³/mol. The molecule has 0 atom stereocenters. The Bertz CT molecular complexity index is 1330. The number of nitrogens with zero attached hydrogens (tertiary/aromatic N) is 3. The van der Waals surface area contributed by atoms with Gasteiger partial charge in [0.05, 0.1) is 5.69 Å². The van der Waals surface area contributed by atoms with Crippen LogP contribution >= 0.6 is 0 Å². The molecule has 1 aliphatic rings. The molecule has 0 unspecified atom stereocenters. The molecule has 0 spiro atoms. The molecule has 0 saturated carbocycles. The fourth-order valence-electron chi connectivity index (χ4n) is 4.08. The summed E-state index contributed by atoms with van der Waals surface area (Å²) in [4.78, 5) is 19.7. The number of hydrogen-bond acceptors (Lipinski definition) is 5. The summed E-state index contributed by atoms with van der Waals surface area (Å²) in [5.41, 5.74) is 4.38. The average molecular weight is 458 g/mol. The number of aryl methyl sites for hydroxylation is 1. The maximum atomic E-state index is 13.3. The van der Waals surface area contributed by atoms with E-state index in [1.807, 2.05) is 79.2 Å². The van der Waals surface area contributed by atoms with Crippen LogP contribution in [-0.2, 0) is 13.2 Å². The number of aromatic nitrogens is 2. The van der Waals surface area contributed by atoms with Gasteiger partial charge < -0.3 is 23.5 Å². The third-order valence-electron chi connectivity index (χ3n) is 5.79. The van der Waals surface area contributed by atoms with E-state index in [1.165, 1.54) is 5.56 Å². The normalized spacial score (nSPS) is 12.5. The van der Waals surface area contributed by atoms with Crippen LogP contribution < -0.4 is 14.2 Å². The SMILES string of the molecule is CCN(Cc1cccc2c1OCCO2)C(=O)c1cccc(OCc2cn3cc(C)ccc3n2)c1. The topological polar surface area (TPSA) is 65.3 Å². The first-order valence-electron chi connectivity index (χ1n) is 11.4. The van der Waals surface area contributed by atoms with Crippen LogP contribution in [0.3, 0.4) is 0 Å². The summed E-state index contributed by atoms with van der Waals surface area (Å²) in [5.74, 6) is 2.01. The summed E-state index contributed by atoms with van der Waals surface area (Å²) in [6.07, 6.45) is 3.99. The molecule has 4 aromatic rings. The number of amides is 1. The van der Waals surface area contributed by atoms with Crippen molar-refractivity contribution in [2.45, 2.75) is 27.0 Å². The van der Waals surface area contributed by atoms with Gasteiger partial charge in [-0.15, -0.1) is 0 Å². The van der Waals surface area contributed by atoms with Crippen LogP contribution in [0.2, 0.25) is 0 Å². The van der Waals surface area contributed by atoms with E-state index in [4.69, 9.17) is 14.2 Å². The first-order chi connectivity index (χ1) is 16.6. The first kappa shape index (κ1) is 21.8. The standard InChI is InChI=1S/C27H27N3O4/c1-3-29(16-21-7-5-9-24-26(21)33-13-12-32-24)27(31)20-6-4-8-23(14-20)34-18-22-17-30-15-19(2)10-11-25(30)28-22/h4-11,14-15,17H,3,12-13,16,18H2,1-2H3. The molecular formula is C27H27N3O4. The van der Waals surface area contributed by atoms with Crippen LogP contribution in [-0.4, -0.2) is 40.0 Å². The second-order valence-corrected chi connectivity index (χ2v) is 8.28. The second-order valence-electron chi connectivity index (χ2n) is 8.28. The molecule has 1 aliphatic heterocycles. The number of benzene rings is 2. The number of para-hydroxylation sites is 1. The molecule has 7 nitrogen and oxygen atoms in total. The molecule has 5 rings (SSSR count). The Labute approximate surface area is 198 Å². The highest BCUT2D eigenvalue weighted by atomic mass is 16.6. The first-order valence-corrected chi connectivity index (χ1v) is 11.4. The second kappa shape index (κ2) is 9.47. The molecule has 34 heavy (non-hydrogen) atoms. The summed E-state index contributed by atoms with van der Waals surface area (Å²) in [7, 11) is 0. The zero-order valence-corrected chi connectivity index (χ0v) is 19.4. The highest BCUT2D eigenvalue weighted by Gasteiger charge is 2.21. The lowest BCUT2D eigenvalue weighted by Crippen LogP contribution is -2.31. The summed E-state index contributed by atoms with van der Waals surface area (Å²) in [5, 5.41) is 0. The van der Waals surface area contributed by atoms with E-state index < -0.39 is 0 Å². The van der Waals surface area contributed by atoms with Gasteiger partial charge in [-0.25, -0.2) is 4.98 Å². The number of fused-ring (bicyclic) bond motifs is 2. The molecule has 0 fully saturated rings. The molecule has 0 N–H and O–H groups in total. The molecule has 174 valence electrons. The quantitative estimate of drug-likeness (QED) is 0.404. The van der Waals surface area contributed by atoms with Crippen LogP contribution in [0.5, 0.6) is 17.2 Å². The van der Waals surface area contributed by atoms with Gasteiger partial charge in [0.15, 0.2) is 11.5 Å². The van der Waals surface area contributed by atoms with Gasteiger partial charge >= 0.3 is 0 Å². The smallest absolute Gasteiger partial charge is 0.254 e. The number of carbonyl (C=O) groups is 1. The Kier molecular flexibility index (Phi) is 6.08. The van der Waals surface area contributed by atoms with Crippen molar-refractivity contribution in [2.24, 2.45) is 0 Å². The Hall–Kier alpha value is -4.00. The maximum Gasteiger partial charge on any atom is 0.254 e. The van der Waals surface area contributed by atoms with Crippen molar-refractivity contribution in [1.82, 2.24) is 14.3 Å². The van der Waals surface area contributed by atoms with Crippen LogP contribution in [0.15, 0.2) is 67.0 Å². The Morgan fingerprint density at radius 1 is 1.09 bits per heavy atom. The van der Waals surface area contributed by atoms with Crippen LogP contribution in [0.25, 0.3) is 5.65 Å². The molecule has 2 aromatic carbocycles. The van der Waals surface area contributed by atoms with Crippen molar-refractivity contribution in [3.63, 3.8) is 0 Å². The Morgan fingerprint density at radius 3 is 2.82 bits per heavy atom. The van der Waals surface area contributed by atoms with Crippen molar-refractivity contribution in [2.75, 3.05) is 19.8 Å². The highest BCUT2D eigenvalue weighted by molar-refractivity contribution is 5.94. The van der Waals surface area contributed by atoms with Crippen LogP contribution in [0, 0.1) is 6.92 Å². The van der Waals surface area contributed by atoms with Gasteiger partial charge in [0.1, 0.15) is 31.2 Å². The molecule has 0 aliphatic carbocycles. The molecule has 3 heterocycles. The fourth-order valence-corrected chi connectivity index (χ4v) is 4.08. The zero-order chi connectivity index (χ0) is 23.5. The fraction of sp³-hybridized carbons (Fsp3) is 0.259. The summed E-state index contributed by atoms with van der Waals surface area (Å²) >= 11 is 0. The largest absolute Gasteiger partial charge is 0.487 e. The number of ether oxygens (including phenoxy) is 3. The van der Waals surface area contributed by atoms with Crippen molar-refractivity contribution in [1.29, 1.82) is 0 Å². The van der Waals surface area contributed by atoms with E-state index in [1.54, 1.807) is 11.0 Å². The van der Waals surface area contributed by atoms with Gasteiger partial charge in [-0.05, 0) is 49.7 Å². The molecule has 1 amide bonds. The van der Waals surface area contributed by atoms with Gasteiger partial charge in [-0.3, -0.25) is 4.79 Å². The Balaban J connectivity index is 1.29. The Morgan fingerprint density at radius 2 is 1.94 bits per heavy atom. The van der Waals surface area contributed by atoms with Crippen LogP contribution in [0.4, 0.5) is 0 Å². The van der Waals surface area contributed by atoms with Crippen molar-refractivity contribution in [3.8, 4) is 17.2 Å². The summed E-state index contributed by atoms with van der Waals surface area (Å²) < 4.78 is 19.4. The number of rotatable bonds is 7. The van der Waals surface area contributed by atoms with Gasteiger partial charge in [-0.1, -0.05) is 24.3 Å². The van der Waals surface area contributed by atoms with Gasteiger partial charge in [0, 0.05) is 36.6 Å². The molecule has 2 aromatic heterocycles. The lowest BCUT2D eigenvalue weighted by atomic mass is 10.1. The van der Waals surface area contributed by atoms with Crippen molar-refractivity contribution < 1.29 is 19.0 Å². The predicted octanol–water partition coefficient (Wildman–Crippen LogP) is 4.66. The average Bonchev–Trinajstić information content (AvgIpc) is 3.28. The lowest BCUT2D eigenvalue weighted by Gasteiger charge is -2.25. The van der Waals surface area contributed by atoms with E-state index in [0.29, 0.717) is 44.2 Å². The molecular weight excluding hydrogens is 430 g/mol. The highest BCUT2D eigenvalue weighted by Crippen LogP contribution is 2.34. The van der Waals surface area contributed by atoms with Crippen molar-refractivity contribution >= 4 is 11.6 Å². The molecule has 0 bridgehead atoms. The minimum absolute atomic E-state index is 0.0644. The van der Waals surface area contributed by atoms with Crippen LogP contribution in [0.1, 0.15) is 34.1 Å². The van der Waals surface area contributed by atoms with E-state index in [9.17, 15) is 4.79 Å². The number of hydrogen-bond donors (Lipinski definition) is 0. The summed E-state index contributed by atoms with van der Waals surface area (Å²) in [6.45, 7) is 6.39. The van der Waals surface area contributed by atoms with Gasteiger partial charge in [0.25, 0.3) is 5.91 Å². The van der Waals surface area contributed by atoms with Gasteiger partial charge in [0.2, 0.25) is 0 Å². The molecule has 7 heteroatoms. The maximum absolute atomic E-state index is 13.3. The lowest BCUT2D eigenvalue weighted by molar-refractivity contribution is 0.0748. The monoisotopic (exact) mass is 457 g/mol. The summed E-state index contributed by atoms with van der Waals surface area (Å²) in [6, 6.07) is 17.1. The zero-order valence-electron chi connectivity index (χ0n) is 19.4. The minimum atomic E-state index is -0.0644.